The zero-order chi connectivity index (χ0) is 25.1. The van der Waals surface area contributed by atoms with Crippen LogP contribution in [0.15, 0.2) is 69.6 Å². The van der Waals surface area contributed by atoms with E-state index >= 15 is 0 Å². The summed E-state index contributed by atoms with van der Waals surface area (Å²) in [5, 5.41) is 0. The summed E-state index contributed by atoms with van der Waals surface area (Å²) in [7, 11) is 3.97. The van der Waals surface area contributed by atoms with E-state index in [-0.39, 0.29) is 12.2 Å². The minimum atomic E-state index is -0.702. The third kappa shape index (κ3) is 4.79. The minimum Gasteiger partial charge on any atom is -0.494 e. The number of esters is 1. The Morgan fingerprint density at radius 1 is 1.11 bits per heavy atom. The molecule has 0 fully saturated rings. The highest BCUT2D eigenvalue weighted by Gasteiger charge is 2.35. The van der Waals surface area contributed by atoms with Crippen molar-refractivity contribution in [1.82, 2.24) is 4.57 Å². The Labute approximate surface area is 208 Å². The van der Waals surface area contributed by atoms with Gasteiger partial charge in [0.05, 0.1) is 29.0 Å². The van der Waals surface area contributed by atoms with Crippen LogP contribution in [0.3, 0.4) is 0 Å². The van der Waals surface area contributed by atoms with Gasteiger partial charge in [0.15, 0.2) is 4.80 Å². The standard InChI is InChI=1S/C27H29N3O4S/c1-6-33-21-11-9-8-10-20(21)24-23(26(32)34-7-2)17(3)28-27-30(24)25(31)22(35-27)16-18-12-14-19(15-13-18)29(4)5/h8-16,24H,6-7H2,1-5H3. The van der Waals surface area contributed by atoms with Gasteiger partial charge in [-0.25, -0.2) is 9.79 Å². The Morgan fingerprint density at radius 2 is 1.83 bits per heavy atom. The molecule has 1 aliphatic rings. The van der Waals surface area contributed by atoms with Crippen LogP contribution in [0.4, 0.5) is 5.69 Å². The monoisotopic (exact) mass is 491 g/mol. The molecule has 0 bridgehead atoms. The van der Waals surface area contributed by atoms with Crippen LogP contribution in [0.25, 0.3) is 6.08 Å². The van der Waals surface area contributed by atoms with Gasteiger partial charge in [0.25, 0.3) is 5.56 Å². The van der Waals surface area contributed by atoms with Crippen molar-refractivity contribution in [2.45, 2.75) is 26.8 Å². The van der Waals surface area contributed by atoms with Gasteiger partial charge in [0.1, 0.15) is 11.8 Å². The van der Waals surface area contributed by atoms with Crippen LogP contribution >= 0.6 is 11.3 Å². The Balaban J connectivity index is 1.93. The second-order valence-electron chi connectivity index (χ2n) is 8.26. The van der Waals surface area contributed by atoms with Crippen LogP contribution < -0.4 is 24.5 Å². The number of ether oxygens (including phenoxy) is 2. The molecular formula is C27H29N3O4S. The van der Waals surface area contributed by atoms with E-state index in [2.05, 4.69) is 4.99 Å². The maximum absolute atomic E-state index is 13.7. The number of carbonyl (C=O) groups is 1. The zero-order valence-corrected chi connectivity index (χ0v) is 21.4. The highest BCUT2D eigenvalue weighted by atomic mass is 32.1. The number of rotatable bonds is 7. The van der Waals surface area contributed by atoms with E-state index in [9.17, 15) is 9.59 Å². The maximum atomic E-state index is 13.7. The molecule has 1 aliphatic heterocycles. The molecule has 0 saturated heterocycles. The summed E-state index contributed by atoms with van der Waals surface area (Å²) in [4.78, 5) is 34.0. The quantitative estimate of drug-likeness (QED) is 0.475. The van der Waals surface area contributed by atoms with E-state index in [4.69, 9.17) is 9.47 Å². The molecule has 0 aliphatic carbocycles. The van der Waals surface area contributed by atoms with Gasteiger partial charge in [0, 0.05) is 25.3 Å². The highest BCUT2D eigenvalue weighted by Crippen LogP contribution is 2.35. The van der Waals surface area contributed by atoms with Crippen LogP contribution in [0.5, 0.6) is 5.75 Å². The molecule has 2 aromatic carbocycles. The molecule has 3 aromatic rings. The number of allylic oxidation sites excluding steroid dienone is 1. The molecule has 1 atom stereocenters. The third-order valence-corrected chi connectivity index (χ3v) is 6.72. The first kappa shape index (κ1) is 24.5. The predicted molar refractivity (Wildman–Crippen MR) is 139 cm³/mol. The van der Waals surface area contributed by atoms with Crippen LogP contribution in [0, 0.1) is 0 Å². The number of thiazole rings is 1. The van der Waals surface area contributed by atoms with Gasteiger partial charge in [0.2, 0.25) is 0 Å². The smallest absolute Gasteiger partial charge is 0.338 e. The molecule has 8 heteroatoms. The summed E-state index contributed by atoms with van der Waals surface area (Å²) in [6.07, 6.45) is 1.86. The van der Waals surface area contributed by atoms with Gasteiger partial charge in [-0.05, 0) is 50.6 Å². The first-order chi connectivity index (χ1) is 16.8. The van der Waals surface area contributed by atoms with Crippen LogP contribution in [-0.2, 0) is 9.53 Å². The molecule has 0 saturated carbocycles. The molecule has 0 N–H and O–H groups in total. The highest BCUT2D eigenvalue weighted by molar-refractivity contribution is 7.07. The SMILES string of the molecule is CCOC(=O)C1=C(C)N=c2sc(=Cc3ccc(N(C)C)cc3)c(=O)n2C1c1ccccc1OCC. The lowest BCUT2D eigenvalue weighted by Crippen LogP contribution is -2.40. The average molecular weight is 492 g/mol. The van der Waals surface area contributed by atoms with Crippen molar-refractivity contribution < 1.29 is 14.3 Å². The number of para-hydroxylation sites is 1. The Morgan fingerprint density at radius 3 is 2.49 bits per heavy atom. The van der Waals surface area contributed by atoms with Crippen molar-refractivity contribution in [2.75, 3.05) is 32.2 Å². The fraction of sp³-hybridized carbons (Fsp3) is 0.296. The first-order valence-corrected chi connectivity index (χ1v) is 12.4. The number of nitrogens with zero attached hydrogens (tertiary/aromatic N) is 3. The summed E-state index contributed by atoms with van der Waals surface area (Å²) < 4.78 is 13.4. The van der Waals surface area contributed by atoms with E-state index in [1.807, 2.05) is 80.5 Å². The Bertz CT molecular complexity index is 1450. The van der Waals surface area contributed by atoms with Crippen molar-refractivity contribution in [1.29, 1.82) is 0 Å². The second-order valence-corrected chi connectivity index (χ2v) is 9.27. The molecule has 35 heavy (non-hydrogen) atoms. The van der Waals surface area contributed by atoms with Crippen LogP contribution in [0.2, 0.25) is 0 Å². The normalized spacial score (nSPS) is 15.5. The van der Waals surface area contributed by atoms with Crippen molar-refractivity contribution in [3.8, 4) is 5.75 Å². The van der Waals surface area contributed by atoms with E-state index < -0.39 is 12.0 Å². The summed E-state index contributed by atoms with van der Waals surface area (Å²) >= 11 is 1.31. The number of anilines is 1. The summed E-state index contributed by atoms with van der Waals surface area (Å²) in [6, 6.07) is 14.7. The number of fused-ring (bicyclic) bond motifs is 1. The topological polar surface area (TPSA) is 73.1 Å². The van der Waals surface area contributed by atoms with Crippen molar-refractivity contribution in [2.24, 2.45) is 4.99 Å². The minimum absolute atomic E-state index is 0.212. The lowest BCUT2D eigenvalue weighted by molar-refractivity contribution is -0.139. The van der Waals surface area contributed by atoms with E-state index in [0.29, 0.717) is 33.0 Å². The lowest BCUT2D eigenvalue weighted by Gasteiger charge is -2.26. The lowest BCUT2D eigenvalue weighted by atomic mass is 9.95. The van der Waals surface area contributed by atoms with Gasteiger partial charge >= 0.3 is 5.97 Å². The number of benzene rings is 2. The number of carbonyl (C=O) groups excluding carboxylic acids is 1. The molecule has 0 spiro atoms. The number of aromatic nitrogens is 1. The van der Waals surface area contributed by atoms with Gasteiger partial charge in [-0.3, -0.25) is 9.36 Å². The molecular weight excluding hydrogens is 462 g/mol. The number of hydrogen-bond donors (Lipinski definition) is 0. The maximum Gasteiger partial charge on any atom is 0.338 e. The molecule has 2 heterocycles. The van der Waals surface area contributed by atoms with Gasteiger partial charge in [-0.1, -0.05) is 41.7 Å². The fourth-order valence-corrected chi connectivity index (χ4v) is 5.15. The van der Waals surface area contributed by atoms with E-state index in [1.54, 1.807) is 18.4 Å². The first-order valence-electron chi connectivity index (χ1n) is 11.5. The van der Waals surface area contributed by atoms with Crippen molar-refractivity contribution in [3.05, 3.63) is 90.6 Å². The molecule has 182 valence electrons. The van der Waals surface area contributed by atoms with Crippen molar-refractivity contribution >= 4 is 29.1 Å². The van der Waals surface area contributed by atoms with E-state index in [1.165, 1.54) is 11.3 Å². The van der Waals surface area contributed by atoms with Gasteiger partial charge < -0.3 is 14.4 Å². The molecule has 1 unspecified atom stereocenters. The summed E-state index contributed by atoms with van der Waals surface area (Å²) in [6.45, 7) is 6.12. The number of hydrogen-bond acceptors (Lipinski definition) is 7. The molecule has 1 aromatic heterocycles. The molecule has 4 rings (SSSR count). The zero-order valence-electron chi connectivity index (χ0n) is 20.6. The third-order valence-electron chi connectivity index (χ3n) is 5.74. The summed E-state index contributed by atoms with van der Waals surface area (Å²) in [5.41, 5.74) is 3.36. The Hall–Kier alpha value is -3.65. The van der Waals surface area contributed by atoms with Crippen LogP contribution in [-0.4, -0.2) is 37.8 Å². The fourth-order valence-electron chi connectivity index (χ4n) is 4.10. The average Bonchev–Trinajstić information content (AvgIpc) is 3.13. The predicted octanol–water partition coefficient (Wildman–Crippen LogP) is 3.26. The molecule has 7 nitrogen and oxygen atoms in total. The van der Waals surface area contributed by atoms with E-state index in [0.717, 1.165) is 16.8 Å². The van der Waals surface area contributed by atoms with Crippen molar-refractivity contribution in [3.63, 3.8) is 0 Å². The van der Waals surface area contributed by atoms with Gasteiger partial charge in [-0.15, -0.1) is 0 Å². The summed E-state index contributed by atoms with van der Waals surface area (Å²) in [5.74, 6) is 0.129. The largest absolute Gasteiger partial charge is 0.494 e. The van der Waals surface area contributed by atoms with Crippen LogP contribution in [0.1, 0.15) is 37.9 Å². The molecule has 0 radical (unpaired) electrons. The Kier molecular flexibility index (Phi) is 7.21. The molecule has 0 amide bonds. The second kappa shape index (κ2) is 10.3. The van der Waals surface area contributed by atoms with Gasteiger partial charge in [-0.2, -0.15) is 0 Å².